The van der Waals surface area contributed by atoms with Gasteiger partial charge in [-0.05, 0) is 12.1 Å². The number of quaternary nitrogens is 1. The number of rotatable bonds is 5. The van der Waals surface area contributed by atoms with Crippen molar-refractivity contribution in [1.82, 2.24) is 9.78 Å². The number of nitrogens with two attached hydrogens (primary N) is 2. The van der Waals surface area contributed by atoms with Gasteiger partial charge in [0.05, 0.1) is 12.5 Å². The smallest absolute Gasteiger partial charge is 0.430 e. The molecule has 12 heteroatoms. The largest absolute Gasteiger partial charge is 0.542 e. The van der Waals surface area contributed by atoms with E-state index in [1.165, 1.54) is 0 Å². The molecule has 1 fully saturated rings. The minimum atomic E-state index is -5.19. The number of alkyl halides is 3. The Bertz CT molecular complexity index is 917. The van der Waals surface area contributed by atoms with Gasteiger partial charge in [0.25, 0.3) is 5.91 Å². The number of benzene rings is 1. The molecule has 29 heavy (non-hydrogen) atoms. The lowest BCUT2D eigenvalue weighted by atomic mass is 9.89. The van der Waals surface area contributed by atoms with Gasteiger partial charge in [-0.25, -0.2) is 0 Å². The van der Waals surface area contributed by atoms with E-state index in [1.54, 1.807) is 10.9 Å². The highest BCUT2D eigenvalue weighted by molar-refractivity contribution is 5.98. The van der Waals surface area contributed by atoms with Gasteiger partial charge in [0, 0.05) is 11.9 Å². The Morgan fingerprint density at radius 1 is 1.34 bits per heavy atom. The number of aliphatic carboxylic acids is 1. The number of carboxylic acid groups (broad SMARTS) is 1. The van der Waals surface area contributed by atoms with Crippen molar-refractivity contribution in [2.45, 2.75) is 18.1 Å². The number of primary amides is 1. The van der Waals surface area contributed by atoms with Crippen molar-refractivity contribution >= 4 is 23.4 Å². The summed E-state index contributed by atoms with van der Waals surface area (Å²) >= 11 is 0. The zero-order valence-electron chi connectivity index (χ0n) is 14.9. The van der Waals surface area contributed by atoms with Crippen molar-refractivity contribution < 1.29 is 33.2 Å². The van der Waals surface area contributed by atoms with Gasteiger partial charge in [0.2, 0.25) is 0 Å². The number of carboxylic acids is 1. The van der Waals surface area contributed by atoms with Gasteiger partial charge in [-0.1, -0.05) is 18.2 Å². The second-order valence-electron chi connectivity index (χ2n) is 6.23. The van der Waals surface area contributed by atoms with Crippen molar-refractivity contribution in [1.29, 1.82) is 5.26 Å². The molecule has 0 atom stereocenters. The first-order chi connectivity index (χ1) is 13.6. The Labute approximate surface area is 162 Å². The quantitative estimate of drug-likeness (QED) is 0.587. The van der Waals surface area contributed by atoms with Gasteiger partial charge in [0.1, 0.15) is 24.6 Å². The van der Waals surface area contributed by atoms with Crippen LogP contribution in [0.15, 0.2) is 36.5 Å². The number of nitrogens with one attached hydrogen (secondary N) is 1. The van der Waals surface area contributed by atoms with E-state index < -0.39 is 18.1 Å². The molecule has 0 aliphatic carbocycles. The summed E-state index contributed by atoms with van der Waals surface area (Å²) < 4.78 is 33.3. The van der Waals surface area contributed by atoms with Gasteiger partial charge in [-0.3, -0.25) is 9.48 Å². The third-order valence-corrected chi connectivity index (χ3v) is 4.19. The highest BCUT2D eigenvalue weighted by Crippen LogP contribution is 2.26. The third-order valence-electron chi connectivity index (χ3n) is 4.19. The predicted octanol–water partition coefficient (Wildman–Crippen LogP) is -0.790. The fourth-order valence-corrected chi connectivity index (χ4v) is 2.58. The average molecular weight is 410 g/mol. The normalized spacial score (nSPS) is 14.6. The molecule has 0 unspecified atom stereocenters. The van der Waals surface area contributed by atoms with Crippen molar-refractivity contribution in [3.8, 4) is 6.07 Å². The summed E-state index contributed by atoms with van der Waals surface area (Å²) in [6, 6.07) is 11.6. The molecule has 1 saturated heterocycles. The molecule has 1 aromatic heterocycles. The number of nitriles is 1. The number of carbonyl (C=O) groups excluding carboxylic acids is 2. The number of para-hydroxylation sites is 1. The van der Waals surface area contributed by atoms with E-state index in [1.807, 2.05) is 30.3 Å². The van der Waals surface area contributed by atoms with Gasteiger partial charge in [0.15, 0.2) is 11.4 Å². The Morgan fingerprint density at radius 2 is 1.93 bits per heavy atom. The fourth-order valence-electron chi connectivity index (χ4n) is 2.58. The average Bonchev–Trinajstić information content (AvgIpc) is 3.03. The summed E-state index contributed by atoms with van der Waals surface area (Å²) in [7, 11) is 0. The molecule has 0 saturated carbocycles. The van der Waals surface area contributed by atoms with Gasteiger partial charge < -0.3 is 26.3 Å². The van der Waals surface area contributed by atoms with Gasteiger partial charge >= 0.3 is 6.18 Å². The molecule has 1 aliphatic rings. The molecule has 1 aliphatic heterocycles. The van der Waals surface area contributed by atoms with E-state index in [4.69, 9.17) is 20.9 Å². The molecule has 0 spiro atoms. The van der Waals surface area contributed by atoms with Crippen molar-refractivity contribution in [2.24, 2.45) is 5.73 Å². The minimum absolute atomic E-state index is 0.327. The zero-order valence-corrected chi connectivity index (χ0v) is 14.9. The summed E-state index contributed by atoms with van der Waals surface area (Å²) in [5, 5.41) is 27.5. The molecule has 2 heterocycles. The number of halogens is 3. The summed E-state index contributed by atoms with van der Waals surface area (Å²) in [5.74, 6) is -3.13. The Hall–Kier alpha value is -3.59. The number of amides is 1. The number of nitrogens with zero attached hydrogens (tertiary/aromatic N) is 3. The first-order valence-corrected chi connectivity index (χ1v) is 8.28. The molecule has 1 aromatic carbocycles. The number of hydrogen-bond acceptors (Lipinski definition) is 6. The number of hydrogen-bond donors (Lipinski definition) is 3. The third kappa shape index (κ3) is 5.23. The van der Waals surface area contributed by atoms with E-state index in [2.05, 4.69) is 21.8 Å². The molecule has 5 N–H and O–H groups in total. The van der Waals surface area contributed by atoms with E-state index in [-0.39, 0.29) is 5.54 Å². The van der Waals surface area contributed by atoms with Crippen LogP contribution in [-0.4, -0.2) is 40.9 Å². The number of anilines is 2. The summed E-state index contributed by atoms with van der Waals surface area (Å²) in [6.45, 7) is 1.54. The van der Waals surface area contributed by atoms with Crippen molar-refractivity contribution in [2.75, 3.05) is 18.4 Å². The van der Waals surface area contributed by atoms with E-state index in [0.29, 0.717) is 17.8 Å². The number of aromatic nitrogens is 2. The van der Waals surface area contributed by atoms with Crippen molar-refractivity contribution in [3.63, 3.8) is 0 Å². The Kier molecular flexibility index (Phi) is 6.45. The first kappa shape index (κ1) is 21.7. The lowest BCUT2D eigenvalue weighted by Gasteiger charge is -2.36. The minimum Gasteiger partial charge on any atom is -0.542 e. The van der Waals surface area contributed by atoms with Crippen LogP contribution in [0.4, 0.5) is 24.7 Å². The van der Waals surface area contributed by atoms with E-state index in [9.17, 15) is 18.0 Å². The predicted molar refractivity (Wildman–Crippen MR) is 91.4 cm³/mol. The van der Waals surface area contributed by atoms with Crippen LogP contribution in [0.3, 0.4) is 0 Å². The Balaban J connectivity index is 0.000000370. The maximum Gasteiger partial charge on any atom is 0.430 e. The summed E-state index contributed by atoms with van der Waals surface area (Å²) in [5.41, 5.74) is 6.25. The second-order valence-corrected chi connectivity index (χ2v) is 6.23. The van der Waals surface area contributed by atoms with Crippen LogP contribution in [0, 0.1) is 11.3 Å². The molecule has 9 nitrogen and oxygen atoms in total. The highest BCUT2D eigenvalue weighted by atomic mass is 19.4. The van der Waals surface area contributed by atoms with E-state index >= 15 is 0 Å². The van der Waals surface area contributed by atoms with Crippen LogP contribution < -0.4 is 21.5 Å². The number of carbonyl (C=O) groups is 2. The molecule has 2 aromatic rings. The summed E-state index contributed by atoms with van der Waals surface area (Å²) in [6.07, 6.45) is -3.20. The maximum absolute atomic E-state index is 11.7. The topological polar surface area (TPSA) is 153 Å². The first-order valence-electron chi connectivity index (χ1n) is 8.28. The van der Waals surface area contributed by atoms with Gasteiger partial charge in [-0.2, -0.15) is 23.5 Å². The standard InChI is InChI=1S/C15H16N6O.C2HF3O2/c16-7-6-15(9-18-10-15)21-8-12(13(17)22)14(20-21)19-11-4-2-1-3-5-11;3-2(4,5)1(6)7/h1-5,8,18H,6,9-10H2,(H2,17,22)(H,19,20);(H,6,7). The van der Waals surface area contributed by atoms with E-state index in [0.717, 1.165) is 18.8 Å². The zero-order chi connectivity index (χ0) is 21.7. The SMILES string of the molecule is N#CCC1(n2cc(C(N)=O)c(Nc3ccccc3)n2)C[NH2+]C1.O=C([O-])C(F)(F)F. The van der Waals surface area contributed by atoms with Crippen LogP contribution in [0.1, 0.15) is 16.8 Å². The highest BCUT2D eigenvalue weighted by Gasteiger charge is 2.45. The Morgan fingerprint density at radius 3 is 2.34 bits per heavy atom. The van der Waals surface area contributed by atoms with Gasteiger partial charge in [-0.15, -0.1) is 0 Å². The van der Waals surface area contributed by atoms with Crippen LogP contribution >= 0.6 is 0 Å². The maximum atomic E-state index is 11.7. The summed E-state index contributed by atoms with van der Waals surface area (Å²) in [4.78, 5) is 20.5. The lowest BCUT2D eigenvalue weighted by Crippen LogP contribution is -3.02. The fraction of sp³-hybridized carbons (Fsp3) is 0.294. The molecule has 3 rings (SSSR count). The van der Waals surface area contributed by atoms with Crippen LogP contribution in [0.25, 0.3) is 0 Å². The second kappa shape index (κ2) is 8.61. The van der Waals surface area contributed by atoms with Crippen LogP contribution in [-0.2, 0) is 10.3 Å². The van der Waals surface area contributed by atoms with Crippen LogP contribution in [0.2, 0.25) is 0 Å². The molecule has 0 radical (unpaired) electrons. The van der Waals surface area contributed by atoms with Crippen LogP contribution in [0.5, 0.6) is 0 Å². The lowest BCUT2D eigenvalue weighted by molar-refractivity contribution is -0.736. The van der Waals surface area contributed by atoms with Crippen molar-refractivity contribution in [3.05, 3.63) is 42.1 Å². The molecule has 0 bridgehead atoms. The molecular weight excluding hydrogens is 393 g/mol. The monoisotopic (exact) mass is 410 g/mol. The molecule has 154 valence electrons. The molecular formula is C17H17F3N6O3. The molecule has 1 amide bonds.